The summed E-state index contributed by atoms with van der Waals surface area (Å²) < 4.78 is 40.5. The molecule has 0 aromatic heterocycles. The number of aliphatic imine (C=N–C) groups is 1. The maximum atomic E-state index is 12.7. The number of amides is 1. The Labute approximate surface area is 162 Å². The fourth-order valence-corrected chi connectivity index (χ4v) is 2.19. The minimum atomic E-state index is -2.99. The van der Waals surface area contributed by atoms with Gasteiger partial charge < -0.3 is 29.7 Å². The van der Waals surface area contributed by atoms with Gasteiger partial charge in [-0.2, -0.15) is 8.78 Å². The molecular formula is C18H24F2N4O4. The number of carbonyl (C=O) groups excluding carboxylic acids is 1. The van der Waals surface area contributed by atoms with Gasteiger partial charge in [0.25, 0.3) is 0 Å². The van der Waals surface area contributed by atoms with Crippen LogP contribution in [0.4, 0.5) is 8.78 Å². The van der Waals surface area contributed by atoms with Gasteiger partial charge in [0.1, 0.15) is 5.75 Å². The van der Waals surface area contributed by atoms with Crippen molar-refractivity contribution < 1.29 is 27.8 Å². The smallest absolute Gasteiger partial charge is 0.387 e. The lowest BCUT2D eigenvalue weighted by Crippen LogP contribution is -2.43. The molecule has 10 heteroatoms. The zero-order valence-electron chi connectivity index (χ0n) is 16.1. The summed E-state index contributed by atoms with van der Waals surface area (Å²) in [5, 5.41) is 5.92. The summed E-state index contributed by atoms with van der Waals surface area (Å²) in [7, 11) is 3.28. The molecule has 154 valence electrons. The number of alkyl halides is 2. The van der Waals surface area contributed by atoms with E-state index < -0.39 is 6.61 Å². The van der Waals surface area contributed by atoms with Crippen molar-refractivity contribution in [3.8, 4) is 17.2 Å². The first-order chi connectivity index (χ1) is 13.3. The molecule has 28 heavy (non-hydrogen) atoms. The van der Waals surface area contributed by atoms with Gasteiger partial charge in [-0.15, -0.1) is 0 Å². The highest BCUT2D eigenvalue weighted by molar-refractivity contribution is 5.86. The Morgan fingerprint density at radius 1 is 1.29 bits per heavy atom. The number of halogens is 2. The zero-order chi connectivity index (χ0) is 20.7. The number of hydrogen-bond donors (Lipinski definition) is 2. The van der Waals surface area contributed by atoms with Crippen molar-refractivity contribution >= 4 is 11.9 Å². The van der Waals surface area contributed by atoms with E-state index in [0.717, 1.165) is 5.57 Å². The van der Waals surface area contributed by atoms with Gasteiger partial charge in [0.05, 0.1) is 13.1 Å². The molecule has 0 atom stereocenters. The van der Waals surface area contributed by atoms with Crippen molar-refractivity contribution in [3.63, 3.8) is 0 Å². The van der Waals surface area contributed by atoms with E-state index in [1.807, 2.05) is 6.92 Å². The molecule has 1 aromatic carbocycles. The largest absolute Gasteiger partial charge is 0.454 e. The number of carbonyl (C=O) groups is 1. The van der Waals surface area contributed by atoms with Crippen LogP contribution < -0.4 is 24.8 Å². The average molecular weight is 398 g/mol. The highest BCUT2D eigenvalue weighted by Crippen LogP contribution is 2.38. The molecule has 0 saturated heterocycles. The van der Waals surface area contributed by atoms with Crippen molar-refractivity contribution in [2.75, 3.05) is 34.0 Å². The van der Waals surface area contributed by atoms with Crippen LogP contribution in [0, 0.1) is 0 Å². The molecule has 0 unspecified atom stereocenters. The van der Waals surface area contributed by atoms with Gasteiger partial charge in [-0.1, -0.05) is 12.2 Å². The van der Waals surface area contributed by atoms with Crippen LogP contribution in [0.5, 0.6) is 17.2 Å². The summed E-state index contributed by atoms with van der Waals surface area (Å²) in [6.45, 7) is 3.13. The summed E-state index contributed by atoms with van der Waals surface area (Å²) in [4.78, 5) is 17.6. The minimum Gasteiger partial charge on any atom is -0.454 e. The van der Waals surface area contributed by atoms with Gasteiger partial charge in [0.15, 0.2) is 17.5 Å². The second-order valence-electron chi connectivity index (χ2n) is 6.31. The molecule has 0 bridgehead atoms. The van der Waals surface area contributed by atoms with Crippen molar-refractivity contribution in [2.45, 2.75) is 20.1 Å². The van der Waals surface area contributed by atoms with Gasteiger partial charge in [-0.25, -0.2) is 4.99 Å². The summed E-state index contributed by atoms with van der Waals surface area (Å²) in [5.41, 5.74) is 1.25. The first-order valence-electron chi connectivity index (χ1n) is 8.50. The standard InChI is InChI=1S/C18H24F2N4O4/c1-11(2)7-21-18(23-9-16(25)24(3)4)22-8-12-5-14-15(27-10-26-14)6-13(12)28-17(19)20/h5-6,17H,1,7-10H2,2-4H3,(H2,21,22,23). The molecule has 1 aliphatic heterocycles. The number of likely N-dealkylation sites (N-methyl/N-ethyl adjacent to an activating group) is 1. The third kappa shape index (κ3) is 6.29. The van der Waals surface area contributed by atoms with Gasteiger partial charge in [0.2, 0.25) is 12.7 Å². The van der Waals surface area contributed by atoms with Gasteiger partial charge in [0, 0.05) is 32.3 Å². The van der Waals surface area contributed by atoms with E-state index in [-0.39, 0.29) is 31.5 Å². The second kappa shape index (κ2) is 9.77. The third-order valence-electron chi connectivity index (χ3n) is 3.64. The summed E-state index contributed by atoms with van der Waals surface area (Å²) in [6.07, 6.45) is 0. The van der Waals surface area contributed by atoms with Gasteiger partial charge >= 0.3 is 6.61 Å². The Kier molecular flexibility index (Phi) is 7.42. The molecule has 0 radical (unpaired) electrons. The second-order valence-corrected chi connectivity index (χ2v) is 6.31. The summed E-state index contributed by atoms with van der Waals surface area (Å²) >= 11 is 0. The highest BCUT2D eigenvalue weighted by atomic mass is 19.3. The Morgan fingerprint density at radius 3 is 2.54 bits per heavy atom. The minimum absolute atomic E-state index is 0.00972. The van der Waals surface area contributed by atoms with Crippen LogP contribution >= 0.6 is 0 Å². The van der Waals surface area contributed by atoms with Gasteiger partial charge in [-0.05, 0) is 13.0 Å². The number of nitrogens with zero attached hydrogens (tertiary/aromatic N) is 2. The Balaban J connectivity index is 2.18. The normalized spacial score (nSPS) is 12.7. The van der Waals surface area contributed by atoms with Crippen LogP contribution in [-0.2, 0) is 11.3 Å². The van der Waals surface area contributed by atoms with Crippen molar-refractivity contribution in [1.82, 2.24) is 15.5 Å². The highest BCUT2D eigenvalue weighted by Gasteiger charge is 2.20. The predicted octanol–water partition coefficient (Wildman–Crippen LogP) is 1.72. The quantitative estimate of drug-likeness (QED) is 0.394. The van der Waals surface area contributed by atoms with E-state index in [4.69, 9.17) is 9.47 Å². The summed E-state index contributed by atoms with van der Waals surface area (Å²) in [6, 6.07) is 2.90. The first kappa shape index (κ1) is 21.3. The van der Waals surface area contributed by atoms with Gasteiger partial charge in [-0.3, -0.25) is 4.79 Å². The molecule has 8 nitrogen and oxygen atoms in total. The molecule has 1 aliphatic rings. The monoisotopic (exact) mass is 398 g/mol. The first-order valence-corrected chi connectivity index (χ1v) is 8.50. The Hall–Kier alpha value is -3.04. The molecular weight excluding hydrogens is 374 g/mol. The maximum Gasteiger partial charge on any atom is 0.387 e. The predicted molar refractivity (Wildman–Crippen MR) is 99.8 cm³/mol. The molecule has 1 heterocycles. The average Bonchev–Trinajstić information content (AvgIpc) is 3.06. The third-order valence-corrected chi connectivity index (χ3v) is 3.64. The van der Waals surface area contributed by atoms with Crippen LogP contribution in [0.3, 0.4) is 0 Å². The van der Waals surface area contributed by atoms with E-state index in [9.17, 15) is 13.6 Å². The lowest BCUT2D eigenvalue weighted by molar-refractivity contribution is -0.127. The Bertz CT molecular complexity index is 753. The number of ether oxygens (including phenoxy) is 3. The van der Waals surface area contributed by atoms with E-state index in [0.29, 0.717) is 29.6 Å². The van der Waals surface area contributed by atoms with Crippen LogP contribution in [0.25, 0.3) is 0 Å². The molecule has 0 saturated carbocycles. The van der Waals surface area contributed by atoms with E-state index in [2.05, 4.69) is 26.9 Å². The number of benzene rings is 1. The molecule has 0 aliphatic carbocycles. The van der Waals surface area contributed by atoms with Crippen LogP contribution in [0.2, 0.25) is 0 Å². The number of rotatable bonds is 8. The maximum absolute atomic E-state index is 12.7. The van der Waals surface area contributed by atoms with E-state index in [1.54, 1.807) is 20.2 Å². The van der Waals surface area contributed by atoms with E-state index >= 15 is 0 Å². The molecule has 0 spiro atoms. The molecule has 0 fully saturated rings. The van der Waals surface area contributed by atoms with E-state index in [1.165, 1.54) is 11.0 Å². The summed E-state index contributed by atoms with van der Waals surface area (Å²) in [5.74, 6) is 0.901. The van der Waals surface area contributed by atoms with Crippen LogP contribution in [-0.4, -0.2) is 57.4 Å². The lowest BCUT2D eigenvalue weighted by Gasteiger charge is -2.15. The molecule has 2 N–H and O–H groups in total. The number of nitrogens with one attached hydrogen (secondary N) is 2. The molecule has 1 amide bonds. The SMILES string of the molecule is C=C(C)CNC(=NCc1cc2c(cc1OC(F)F)OCO2)NCC(=O)N(C)C. The Morgan fingerprint density at radius 2 is 1.93 bits per heavy atom. The fourth-order valence-electron chi connectivity index (χ4n) is 2.19. The number of hydrogen-bond acceptors (Lipinski definition) is 5. The number of fused-ring (bicyclic) bond motifs is 1. The molecule has 1 aromatic rings. The topological polar surface area (TPSA) is 84.4 Å². The lowest BCUT2D eigenvalue weighted by atomic mass is 10.1. The van der Waals surface area contributed by atoms with Crippen molar-refractivity contribution in [3.05, 3.63) is 29.8 Å². The fraction of sp³-hybridized carbons (Fsp3) is 0.444. The molecule has 2 rings (SSSR count). The zero-order valence-corrected chi connectivity index (χ0v) is 16.1. The van der Waals surface area contributed by atoms with Crippen molar-refractivity contribution in [1.29, 1.82) is 0 Å². The van der Waals surface area contributed by atoms with Crippen molar-refractivity contribution in [2.24, 2.45) is 4.99 Å². The van der Waals surface area contributed by atoms with Crippen LogP contribution in [0.15, 0.2) is 29.3 Å². The number of guanidine groups is 1. The van der Waals surface area contributed by atoms with Crippen LogP contribution in [0.1, 0.15) is 12.5 Å².